The van der Waals surface area contributed by atoms with Crippen LogP contribution in [0.25, 0.3) is 22.2 Å². The van der Waals surface area contributed by atoms with Crippen molar-refractivity contribution in [3.05, 3.63) is 80.9 Å². The van der Waals surface area contributed by atoms with E-state index in [-0.39, 0.29) is 5.56 Å². The second-order valence-electron chi connectivity index (χ2n) is 8.64. The van der Waals surface area contributed by atoms with Crippen LogP contribution in [0.2, 0.25) is 0 Å². The maximum absolute atomic E-state index is 13.5. The van der Waals surface area contributed by atoms with E-state index >= 15 is 0 Å². The van der Waals surface area contributed by atoms with Crippen molar-refractivity contribution in [1.29, 1.82) is 0 Å². The maximum Gasteiger partial charge on any atom is 0.261 e. The van der Waals surface area contributed by atoms with E-state index in [1.165, 1.54) is 11.4 Å². The Morgan fingerprint density at radius 2 is 1.91 bits per heavy atom. The fraction of sp³-hybridized carbons (Fsp3) is 0.346. The Morgan fingerprint density at radius 3 is 2.71 bits per heavy atom. The van der Waals surface area contributed by atoms with E-state index in [0.29, 0.717) is 31.7 Å². The molecule has 34 heavy (non-hydrogen) atoms. The molecule has 5 rings (SSSR count). The highest BCUT2D eigenvalue weighted by molar-refractivity contribution is 7.09. The van der Waals surface area contributed by atoms with E-state index in [1.807, 2.05) is 30.3 Å². The Labute approximate surface area is 203 Å². The largest absolute Gasteiger partial charge is 0.379 e. The smallest absolute Gasteiger partial charge is 0.261 e. The Kier molecular flexibility index (Phi) is 6.45. The van der Waals surface area contributed by atoms with Crippen molar-refractivity contribution in [2.75, 3.05) is 26.3 Å². The topological polar surface area (TPSA) is 65.2 Å². The number of allylic oxidation sites excluding steroid dienone is 1. The molecule has 1 aromatic carbocycles. The van der Waals surface area contributed by atoms with E-state index < -0.39 is 0 Å². The van der Waals surface area contributed by atoms with Gasteiger partial charge in [0.25, 0.3) is 5.56 Å². The van der Waals surface area contributed by atoms with E-state index in [9.17, 15) is 4.79 Å². The molecular weight excluding hydrogens is 446 g/mol. The number of fused-ring (bicyclic) bond motifs is 1. The zero-order valence-electron chi connectivity index (χ0n) is 19.7. The van der Waals surface area contributed by atoms with Crippen molar-refractivity contribution >= 4 is 22.2 Å². The number of hydrogen-bond donors (Lipinski definition) is 0. The van der Waals surface area contributed by atoms with Crippen molar-refractivity contribution in [1.82, 2.24) is 24.0 Å². The fourth-order valence-corrected chi connectivity index (χ4v) is 5.35. The van der Waals surface area contributed by atoms with Crippen LogP contribution < -0.4 is 5.56 Å². The molecule has 0 N–H and O–H groups in total. The van der Waals surface area contributed by atoms with Crippen molar-refractivity contribution < 1.29 is 4.74 Å². The van der Waals surface area contributed by atoms with E-state index in [0.717, 1.165) is 47.2 Å². The third kappa shape index (κ3) is 4.36. The number of benzene rings is 1. The molecule has 4 heterocycles. The summed E-state index contributed by atoms with van der Waals surface area (Å²) < 4.78 is 9.52. The number of thiazole rings is 1. The Morgan fingerprint density at radius 1 is 1.12 bits per heavy atom. The summed E-state index contributed by atoms with van der Waals surface area (Å²) in [6.07, 6.45) is 1.91. The molecule has 1 aliphatic heterocycles. The lowest BCUT2D eigenvalue weighted by Crippen LogP contribution is -2.38. The van der Waals surface area contributed by atoms with Crippen LogP contribution in [0.1, 0.15) is 22.2 Å². The number of morpholine rings is 1. The molecule has 8 heteroatoms. The van der Waals surface area contributed by atoms with Crippen LogP contribution in [-0.2, 0) is 24.4 Å². The number of ether oxygens (including phenoxy) is 1. The number of rotatable bonds is 7. The first kappa shape index (κ1) is 22.7. The second-order valence-corrected chi connectivity index (χ2v) is 9.58. The van der Waals surface area contributed by atoms with E-state index in [4.69, 9.17) is 14.7 Å². The van der Waals surface area contributed by atoms with Gasteiger partial charge in [-0.2, -0.15) is 0 Å². The standard InChI is InChI=1S/C26H29N5O2S/c1-4-9-30-18(2)14-21(19(30)3)23-17-34-25(28-23)16-31-24(15-29-10-12-33-13-11-29)27-22-8-6-5-7-20(22)26(31)32/h4-8,14,17H,1,9-13,15-16H2,2-3H3. The van der Waals surface area contributed by atoms with Crippen LogP contribution >= 0.6 is 11.3 Å². The number of aryl methyl sites for hydroxylation is 1. The molecule has 0 bridgehead atoms. The molecule has 1 saturated heterocycles. The molecule has 1 aliphatic rings. The SMILES string of the molecule is C=CCn1c(C)cc(-c2csc(Cn3c(CN4CCOCC4)nc4ccccc4c3=O)n2)c1C. The first-order chi connectivity index (χ1) is 16.5. The molecule has 0 amide bonds. The predicted octanol–water partition coefficient (Wildman–Crippen LogP) is 4.00. The highest BCUT2D eigenvalue weighted by atomic mass is 32.1. The van der Waals surface area contributed by atoms with Crippen LogP contribution in [0.4, 0.5) is 0 Å². The molecule has 0 radical (unpaired) electrons. The summed E-state index contributed by atoms with van der Waals surface area (Å²) in [6, 6.07) is 9.74. The molecule has 0 unspecified atom stereocenters. The number of aromatic nitrogens is 4. The summed E-state index contributed by atoms with van der Waals surface area (Å²) in [5, 5.41) is 3.61. The lowest BCUT2D eigenvalue weighted by atomic mass is 10.2. The van der Waals surface area contributed by atoms with Gasteiger partial charge in [-0.25, -0.2) is 9.97 Å². The zero-order chi connectivity index (χ0) is 23.7. The summed E-state index contributed by atoms with van der Waals surface area (Å²) in [5.74, 6) is 0.770. The Balaban J connectivity index is 1.50. The van der Waals surface area contributed by atoms with Gasteiger partial charge < -0.3 is 9.30 Å². The number of hydrogen-bond acceptors (Lipinski definition) is 6. The van der Waals surface area contributed by atoms with Gasteiger partial charge >= 0.3 is 0 Å². The minimum Gasteiger partial charge on any atom is -0.379 e. The Bertz CT molecular complexity index is 1390. The van der Waals surface area contributed by atoms with Crippen LogP contribution in [0.5, 0.6) is 0 Å². The van der Waals surface area contributed by atoms with Gasteiger partial charge in [0, 0.05) is 42.0 Å². The van der Waals surface area contributed by atoms with Crippen molar-refractivity contribution in [2.24, 2.45) is 0 Å². The minimum absolute atomic E-state index is 0.0187. The molecule has 3 aromatic heterocycles. The summed E-state index contributed by atoms with van der Waals surface area (Å²) in [5.41, 5.74) is 5.15. The van der Waals surface area contributed by atoms with Crippen LogP contribution in [-0.4, -0.2) is 50.3 Å². The lowest BCUT2D eigenvalue weighted by molar-refractivity contribution is 0.0325. The Hall–Kier alpha value is -3.07. The highest BCUT2D eigenvalue weighted by Crippen LogP contribution is 2.28. The predicted molar refractivity (Wildman–Crippen MR) is 136 cm³/mol. The second kappa shape index (κ2) is 9.66. The van der Waals surface area contributed by atoms with Crippen molar-refractivity contribution in [2.45, 2.75) is 33.5 Å². The molecular formula is C26H29N5O2S. The van der Waals surface area contributed by atoms with Gasteiger partial charge in [-0.15, -0.1) is 17.9 Å². The first-order valence-electron chi connectivity index (χ1n) is 11.6. The molecule has 0 spiro atoms. The van der Waals surface area contributed by atoms with Crippen LogP contribution in [0.3, 0.4) is 0 Å². The van der Waals surface area contributed by atoms with E-state index in [1.54, 1.807) is 15.9 Å². The van der Waals surface area contributed by atoms with Crippen LogP contribution in [0, 0.1) is 13.8 Å². The van der Waals surface area contributed by atoms with Gasteiger partial charge in [0.05, 0.1) is 42.9 Å². The summed E-state index contributed by atoms with van der Waals surface area (Å²) in [6.45, 7) is 13.0. The van der Waals surface area contributed by atoms with Gasteiger partial charge in [-0.05, 0) is 32.0 Å². The lowest BCUT2D eigenvalue weighted by Gasteiger charge is -2.27. The molecule has 0 saturated carbocycles. The van der Waals surface area contributed by atoms with Gasteiger partial charge in [0.2, 0.25) is 0 Å². The van der Waals surface area contributed by atoms with Gasteiger partial charge in [0.15, 0.2) is 0 Å². The summed E-state index contributed by atoms with van der Waals surface area (Å²) in [7, 11) is 0. The van der Waals surface area contributed by atoms with Gasteiger partial charge in [-0.3, -0.25) is 14.3 Å². The molecule has 0 aliphatic carbocycles. The normalized spacial score (nSPS) is 14.6. The molecule has 0 atom stereocenters. The maximum atomic E-state index is 13.5. The third-order valence-electron chi connectivity index (χ3n) is 6.42. The highest BCUT2D eigenvalue weighted by Gasteiger charge is 2.19. The fourth-order valence-electron chi connectivity index (χ4n) is 4.57. The molecule has 176 valence electrons. The van der Waals surface area contributed by atoms with Crippen molar-refractivity contribution in [3.63, 3.8) is 0 Å². The average molecular weight is 476 g/mol. The number of para-hydroxylation sites is 1. The zero-order valence-corrected chi connectivity index (χ0v) is 20.5. The molecule has 1 fully saturated rings. The minimum atomic E-state index is -0.0187. The average Bonchev–Trinajstić information content (AvgIpc) is 3.42. The molecule has 4 aromatic rings. The monoisotopic (exact) mass is 475 g/mol. The van der Waals surface area contributed by atoms with Gasteiger partial charge in [0.1, 0.15) is 10.8 Å². The third-order valence-corrected chi connectivity index (χ3v) is 7.25. The summed E-state index contributed by atoms with van der Waals surface area (Å²) >= 11 is 1.58. The van der Waals surface area contributed by atoms with Crippen LogP contribution in [0.15, 0.2) is 53.2 Å². The van der Waals surface area contributed by atoms with E-state index in [2.05, 4.69) is 41.3 Å². The van der Waals surface area contributed by atoms with Gasteiger partial charge in [-0.1, -0.05) is 18.2 Å². The quantitative estimate of drug-likeness (QED) is 0.378. The summed E-state index contributed by atoms with van der Waals surface area (Å²) in [4.78, 5) is 25.6. The van der Waals surface area contributed by atoms with Crippen molar-refractivity contribution in [3.8, 4) is 11.3 Å². The molecule has 7 nitrogen and oxygen atoms in total. The first-order valence-corrected chi connectivity index (χ1v) is 12.4. The number of nitrogens with zero attached hydrogens (tertiary/aromatic N) is 5.